The molecule has 0 fully saturated rings. The zero-order valence-corrected chi connectivity index (χ0v) is 9.80. The molecule has 0 radical (unpaired) electrons. The molecule has 2 unspecified atom stereocenters. The summed E-state index contributed by atoms with van der Waals surface area (Å²) in [6, 6.07) is 7.37. The molecule has 1 aromatic carbocycles. The van der Waals surface area contributed by atoms with E-state index in [0.717, 1.165) is 24.5 Å². The van der Waals surface area contributed by atoms with Gasteiger partial charge in [0.05, 0.1) is 0 Å². The van der Waals surface area contributed by atoms with Gasteiger partial charge in [-0.25, -0.2) is 17.5 Å². The van der Waals surface area contributed by atoms with Gasteiger partial charge in [-0.3, -0.25) is 0 Å². The van der Waals surface area contributed by atoms with Crippen LogP contribution in [0.5, 0.6) is 0 Å². The van der Waals surface area contributed by atoms with Crippen LogP contribution in [-0.2, 0) is 16.4 Å². The molecule has 1 N–H and O–H groups in total. The Hall–Kier alpha value is -0.940. The van der Waals surface area contributed by atoms with Crippen LogP contribution >= 0.6 is 0 Å². The van der Waals surface area contributed by atoms with Crippen LogP contribution in [0, 0.1) is 0 Å². The highest BCUT2D eigenvalue weighted by Crippen LogP contribution is 2.31. The summed E-state index contributed by atoms with van der Waals surface area (Å²) in [4.78, 5) is 0. The van der Waals surface area contributed by atoms with Crippen LogP contribution in [0.2, 0.25) is 0 Å². The Morgan fingerprint density at radius 2 is 2.12 bits per heavy atom. The van der Waals surface area contributed by atoms with E-state index in [1.165, 1.54) is 0 Å². The molecule has 0 saturated carbocycles. The van der Waals surface area contributed by atoms with Gasteiger partial charge in [-0.1, -0.05) is 24.3 Å². The van der Waals surface area contributed by atoms with Crippen LogP contribution in [0.1, 0.15) is 30.5 Å². The van der Waals surface area contributed by atoms with Crippen molar-refractivity contribution >= 4 is 10.0 Å². The third-order valence-electron chi connectivity index (χ3n) is 2.87. The summed E-state index contributed by atoms with van der Waals surface area (Å²) in [5, 5.41) is 0. The van der Waals surface area contributed by atoms with E-state index in [4.69, 9.17) is 0 Å². The lowest BCUT2D eigenvalue weighted by Gasteiger charge is -2.14. The minimum absolute atomic E-state index is 0.278. The first-order valence-corrected chi connectivity index (χ1v) is 6.78. The predicted molar refractivity (Wildman–Crippen MR) is 60.1 cm³/mol. The average molecular weight is 243 g/mol. The minimum atomic E-state index is -3.84. The number of halogens is 1. The highest BCUT2D eigenvalue weighted by atomic mass is 32.2. The van der Waals surface area contributed by atoms with Crippen LogP contribution in [0.3, 0.4) is 0 Å². The van der Waals surface area contributed by atoms with E-state index in [-0.39, 0.29) is 6.04 Å². The molecule has 0 aliphatic heterocycles. The van der Waals surface area contributed by atoms with Crippen molar-refractivity contribution in [3.05, 3.63) is 35.4 Å². The fourth-order valence-electron chi connectivity index (χ4n) is 1.97. The summed E-state index contributed by atoms with van der Waals surface area (Å²) in [5.41, 5.74) is 0.230. The van der Waals surface area contributed by atoms with Crippen molar-refractivity contribution in [2.24, 2.45) is 0 Å². The molecule has 0 bridgehead atoms. The number of nitrogens with one attached hydrogen (secondary N) is 1. The first-order chi connectivity index (χ1) is 7.50. The van der Waals surface area contributed by atoms with Crippen molar-refractivity contribution in [2.75, 3.05) is 0 Å². The van der Waals surface area contributed by atoms with Crippen molar-refractivity contribution in [3.8, 4) is 0 Å². The molecule has 0 aromatic heterocycles. The summed E-state index contributed by atoms with van der Waals surface area (Å²) in [5.74, 6) is 0. The van der Waals surface area contributed by atoms with Crippen molar-refractivity contribution < 1.29 is 12.8 Å². The molecule has 16 heavy (non-hydrogen) atoms. The maximum absolute atomic E-state index is 12.9. The normalized spacial score (nSPS) is 21.8. The quantitative estimate of drug-likeness (QED) is 0.881. The van der Waals surface area contributed by atoms with Crippen molar-refractivity contribution in [1.82, 2.24) is 4.72 Å². The summed E-state index contributed by atoms with van der Waals surface area (Å²) in [6.07, 6.45) is 1.54. The van der Waals surface area contributed by atoms with Gasteiger partial charge in [0.15, 0.2) is 0 Å². The van der Waals surface area contributed by atoms with Crippen molar-refractivity contribution in [1.29, 1.82) is 0 Å². The van der Waals surface area contributed by atoms with Crippen LogP contribution in [0.4, 0.5) is 4.39 Å². The Labute approximate surface area is 94.7 Å². The van der Waals surface area contributed by atoms with E-state index in [1.54, 1.807) is 0 Å². The van der Waals surface area contributed by atoms with Crippen LogP contribution in [0.15, 0.2) is 24.3 Å². The third-order valence-corrected chi connectivity index (χ3v) is 4.34. The average Bonchev–Trinajstić information content (AvgIpc) is 2.61. The van der Waals surface area contributed by atoms with Gasteiger partial charge in [0.25, 0.3) is 0 Å². The highest BCUT2D eigenvalue weighted by Gasteiger charge is 2.29. The van der Waals surface area contributed by atoms with Gasteiger partial charge in [0.1, 0.15) is 0 Å². The van der Waals surface area contributed by atoms with Gasteiger partial charge in [0.2, 0.25) is 15.5 Å². The minimum Gasteiger partial charge on any atom is -0.229 e. The van der Waals surface area contributed by atoms with Crippen molar-refractivity contribution in [2.45, 2.75) is 31.3 Å². The van der Waals surface area contributed by atoms with E-state index in [9.17, 15) is 12.8 Å². The first-order valence-electron chi connectivity index (χ1n) is 5.24. The molecule has 0 heterocycles. The maximum atomic E-state index is 12.9. The first kappa shape index (κ1) is 11.5. The number of aryl methyl sites for hydroxylation is 1. The number of hydrogen-bond donors (Lipinski definition) is 1. The second-order valence-corrected chi connectivity index (χ2v) is 5.97. The Morgan fingerprint density at radius 1 is 1.44 bits per heavy atom. The molecule has 88 valence electrons. The molecule has 5 heteroatoms. The van der Waals surface area contributed by atoms with E-state index in [2.05, 4.69) is 4.72 Å². The van der Waals surface area contributed by atoms with Crippen molar-refractivity contribution in [3.63, 3.8) is 0 Å². The van der Waals surface area contributed by atoms with Crippen LogP contribution in [-0.4, -0.2) is 13.9 Å². The molecular formula is C11H14FNO2S. The lowest BCUT2D eigenvalue weighted by atomic mass is 10.1. The standard InChI is InChI=1S/C11H14FNO2S/c1-8(12)16(14,15)13-11-7-6-9-4-2-3-5-10(9)11/h2-5,8,11,13H,6-7H2,1H3. The number of alkyl halides is 1. The Balaban J connectivity index is 2.21. The number of sulfonamides is 1. The van der Waals surface area contributed by atoms with Gasteiger partial charge < -0.3 is 0 Å². The molecule has 1 aliphatic carbocycles. The lowest BCUT2D eigenvalue weighted by molar-refractivity contribution is 0.431. The number of hydrogen-bond acceptors (Lipinski definition) is 2. The summed E-state index contributed by atoms with van der Waals surface area (Å²) < 4.78 is 38.1. The Bertz CT molecular complexity index is 485. The van der Waals surface area contributed by atoms with Gasteiger partial charge in [-0.05, 0) is 30.9 Å². The van der Waals surface area contributed by atoms with E-state index >= 15 is 0 Å². The van der Waals surface area contributed by atoms with Gasteiger partial charge in [-0.2, -0.15) is 0 Å². The molecule has 0 saturated heterocycles. The molecule has 3 nitrogen and oxygen atoms in total. The van der Waals surface area contributed by atoms with Gasteiger partial charge >= 0.3 is 0 Å². The number of fused-ring (bicyclic) bond motifs is 1. The summed E-state index contributed by atoms with van der Waals surface area (Å²) >= 11 is 0. The second-order valence-electron chi connectivity index (χ2n) is 4.00. The Kier molecular flexibility index (Phi) is 2.99. The molecular weight excluding hydrogens is 229 g/mol. The molecule has 0 spiro atoms. The fourth-order valence-corrected chi connectivity index (χ4v) is 2.80. The predicted octanol–water partition coefficient (Wildman–Crippen LogP) is 1.91. The van der Waals surface area contributed by atoms with Crippen LogP contribution < -0.4 is 4.72 Å². The SMILES string of the molecule is CC(F)S(=O)(=O)NC1CCc2ccccc21. The largest absolute Gasteiger partial charge is 0.244 e. The van der Waals surface area contributed by atoms with Gasteiger partial charge in [0, 0.05) is 6.04 Å². The van der Waals surface area contributed by atoms with E-state index in [0.29, 0.717) is 6.42 Å². The smallest absolute Gasteiger partial charge is 0.229 e. The molecule has 2 atom stereocenters. The second kappa shape index (κ2) is 4.14. The van der Waals surface area contributed by atoms with Crippen LogP contribution in [0.25, 0.3) is 0 Å². The maximum Gasteiger partial charge on any atom is 0.244 e. The fraction of sp³-hybridized carbons (Fsp3) is 0.455. The molecule has 1 aromatic rings. The zero-order chi connectivity index (χ0) is 11.8. The van der Waals surface area contributed by atoms with E-state index < -0.39 is 15.5 Å². The number of rotatable bonds is 3. The summed E-state index contributed by atoms with van der Waals surface area (Å²) in [7, 11) is -3.84. The molecule has 0 amide bonds. The molecule has 2 rings (SSSR count). The summed E-state index contributed by atoms with van der Waals surface area (Å²) in [6.45, 7) is 1.03. The zero-order valence-electron chi connectivity index (χ0n) is 8.98. The number of benzene rings is 1. The molecule has 1 aliphatic rings. The van der Waals surface area contributed by atoms with E-state index in [1.807, 2.05) is 24.3 Å². The topological polar surface area (TPSA) is 46.2 Å². The van der Waals surface area contributed by atoms with Gasteiger partial charge in [-0.15, -0.1) is 0 Å². The third kappa shape index (κ3) is 2.10. The Morgan fingerprint density at radius 3 is 2.81 bits per heavy atom. The monoisotopic (exact) mass is 243 g/mol. The highest BCUT2D eigenvalue weighted by molar-refractivity contribution is 7.89. The lowest BCUT2D eigenvalue weighted by Crippen LogP contribution is -2.32.